The van der Waals surface area contributed by atoms with Gasteiger partial charge in [0.25, 0.3) is 0 Å². The molecule has 0 bridgehead atoms. The summed E-state index contributed by atoms with van der Waals surface area (Å²) < 4.78 is 23.4. The van der Waals surface area contributed by atoms with Crippen molar-refractivity contribution in [2.24, 2.45) is 7.05 Å². The molecular weight excluding hydrogens is 332 g/mol. The Balaban J connectivity index is 2.15. The van der Waals surface area contributed by atoms with Gasteiger partial charge < -0.3 is 18.9 Å². The summed E-state index contributed by atoms with van der Waals surface area (Å²) in [5.74, 6) is 2.57. The number of aromatic nitrogens is 2. The molecule has 0 N–H and O–H groups in total. The van der Waals surface area contributed by atoms with Crippen molar-refractivity contribution >= 4 is 0 Å². The maximum absolute atomic E-state index is 5.47. The van der Waals surface area contributed by atoms with Crippen molar-refractivity contribution < 1.29 is 18.9 Å². The van der Waals surface area contributed by atoms with Crippen LogP contribution in [0.4, 0.5) is 0 Å². The first-order valence-corrected chi connectivity index (χ1v) is 8.09. The average molecular weight is 354 g/mol. The first kappa shape index (κ1) is 17.7. The Morgan fingerprint density at radius 2 is 1.38 bits per heavy atom. The van der Waals surface area contributed by atoms with Crippen LogP contribution in [0.3, 0.4) is 0 Å². The SMILES string of the molecule is COc1ccc(-c2nn(C)cc2-c2cc(OC)c(OC)c(OC)c2)cc1. The van der Waals surface area contributed by atoms with E-state index in [1.165, 1.54) is 0 Å². The van der Waals surface area contributed by atoms with Crippen LogP contribution in [0.25, 0.3) is 22.4 Å². The van der Waals surface area contributed by atoms with E-state index in [2.05, 4.69) is 5.10 Å². The summed E-state index contributed by atoms with van der Waals surface area (Å²) in [4.78, 5) is 0. The Bertz CT molecular complexity index is 876. The van der Waals surface area contributed by atoms with Gasteiger partial charge in [0.15, 0.2) is 11.5 Å². The number of hydrogen-bond acceptors (Lipinski definition) is 5. The molecule has 1 heterocycles. The minimum atomic E-state index is 0.564. The van der Waals surface area contributed by atoms with Crippen LogP contribution in [0.2, 0.25) is 0 Å². The van der Waals surface area contributed by atoms with Crippen molar-refractivity contribution in [1.29, 1.82) is 0 Å². The maximum atomic E-state index is 5.47. The van der Waals surface area contributed by atoms with Crippen LogP contribution in [0.1, 0.15) is 0 Å². The van der Waals surface area contributed by atoms with Crippen molar-refractivity contribution in [3.8, 4) is 45.4 Å². The van der Waals surface area contributed by atoms with Gasteiger partial charge in [0, 0.05) is 24.4 Å². The van der Waals surface area contributed by atoms with Crippen molar-refractivity contribution in [1.82, 2.24) is 9.78 Å². The highest BCUT2D eigenvalue weighted by molar-refractivity contribution is 5.82. The molecule has 26 heavy (non-hydrogen) atoms. The van der Waals surface area contributed by atoms with E-state index in [-0.39, 0.29) is 0 Å². The summed E-state index contributed by atoms with van der Waals surface area (Å²) in [6.07, 6.45) is 1.97. The summed E-state index contributed by atoms with van der Waals surface area (Å²) in [5, 5.41) is 4.63. The number of nitrogens with zero attached hydrogens (tertiary/aromatic N) is 2. The molecule has 0 saturated carbocycles. The molecule has 136 valence electrons. The minimum absolute atomic E-state index is 0.564. The smallest absolute Gasteiger partial charge is 0.203 e. The third-order valence-electron chi connectivity index (χ3n) is 4.17. The zero-order valence-corrected chi connectivity index (χ0v) is 15.6. The van der Waals surface area contributed by atoms with E-state index in [1.807, 2.05) is 49.6 Å². The van der Waals surface area contributed by atoms with Crippen LogP contribution < -0.4 is 18.9 Å². The normalized spacial score (nSPS) is 10.5. The summed E-state index contributed by atoms with van der Waals surface area (Å²) in [7, 11) is 8.35. The van der Waals surface area contributed by atoms with Gasteiger partial charge in [0.2, 0.25) is 5.75 Å². The third kappa shape index (κ3) is 3.18. The molecule has 6 heteroatoms. The molecule has 0 spiro atoms. The Kier molecular flexibility index (Phi) is 5.02. The predicted molar refractivity (Wildman–Crippen MR) is 100 cm³/mol. The lowest BCUT2D eigenvalue weighted by atomic mass is 10.0. The molecule has 3 rings (SSSR count). The summed E-state index contributed by atoms with van der Waals surface area (Å²) in [6.45, 7) is 0. The van der Waals surface area contributed by atoms with E-state index in [9.17, 15) is 0 Å². The first-order chi connectivity index (χ1) is 12.6. The molecule has 2 aromatic carbocycles. The molecule has 0 aliphatic heterocycles. The first-order valence-electron chi connectivity index (χ1n) is 8.09. The molecule has 0 atom stereocenters. The van der Waals surface area contributed by atoms with Crippen LogP contribution in [-0.2, 0) is 7.05 Å². The van der Waals surface area contributed by atoms with Gasteiger partial charge in [-0.15, -0.1) is 0 Å². The van der Waals surface area contributed by atoms with Gasteiger partial charge in [0.05, 0.1) is 28.4 Å². The fourth-order valence-electron chi connectivity index (χ4n) is 2.90. The van der Waals surface area contributed by atoms with Crippen LogP contribution in [0, 0.1) is 0 Å². The molecule has 0 unspecified atom stereocenters. The third-order valence-corrected chi connectivity index (χ3v) is 4.17. The van der Waals surface area contributed by atoms with Gasteiger partial charge >= 0.3 is 0 Å². The van der Waals surface area contributed by atoms with Crippen LogP contribution in [0.15, 0.2) is 42.6 Å². The van der Waals surface area contributed by atoms with Crippen molar-refractivity contribution in [3.05, 3.63) is 42.6 Å². The lowest BCUT2D eigenvalue weighted by Crippen LogP contribution is -1.96. The predicted octanol–water partition coefficient (Wildman–Crippen LogP) is 3.79. The molecule has 0 radical (unpaired) electrons. The van der Waals surface area contributed by atoms with Gasteiger partial charge in [-0.1, -0.05) is 0 Å². The van der Waals surface area contributed by atoms with Crippen molar-refractivity contribution in [3.63, 3.8) is 0 Å². The fraction of sp³-hybridized carbons (Fsp3) is 0.250. The number of methoxy groups -OCH3 is 4. The second-order valence-electron chi connectivity index (χ2n) is 5.71. The van der Waals surface area contributed by atoms with Crippen molar-refractivity contribution in [2.75, 3.05) is 28.4 Å². The molecule has 0 amide bonds. The maximum Gasteiger partial charge on any atom is 0.203 e. The van der Waals surface area contributed by atoms with Crippen molar-refractivity contribution in [2.45, 2.75) is 0 Å². The fourth-order valence-corrected chi connectivity index (χ4v) is 2.90. The number of ether oxygens (including phenoxy) is 4. The second kappa shape index (κ2) is 7.39. The number of aryl methyl sites for hydroxylation is 1. The summed E-state index contributed by atoms with van der Waals surface area (Å²) >= 11 is 0. The molecule has 1 aromatic heterocycles. The number of hydrogen-bond donors (Lipinski definition) is 0. The van der Waals surface area contributed by atoms with E-state index < -0.39 is 0 Å². The van der Waals surface area contributed by atoms with Gasteiger partial charge in [-0.2, -0.15) is 5.10 Å². The quantitative estimate of drug-likeness (QED) is 0.674. The molecule has 0 fully saturated rings. The molecule has 6 nitrogen and oxygen atoms in total. The lowest BCUT2D eigenvalue weighted by molar-refractivity contribution is 0.324. The molecule has 0 saturated heterocycles. The van der Waals surface area contributed by atoms with E-state index in [0.29, 0.717) is 17.2 Å². The summed E-state index contributed by atoms with van der Waals surface area (Å²) in [5.41, 5.74) is 3.76. The highest BCUT2D eigenvalue weighted by atomic mass is 16.5. The second-order valence-corrected chi connectivity index (χ2v) is 5.71. The molecule has 0 aliphatic rings. The molecular formula is C20H22N2O4. The highest BCUT2D eigenvalue weighted by Crippen LogP contribution is 2.43. The molecule has 0 aliphatic carbocycles. The zero-order chi connectivity index (χ0) is 18.7. The van der Waals surface area contributed by atoms with E-state index in [4.69, 9.17) is 18.9 Å². The van der Waals surface area contributed by atoms with Gasteiger partial charge in [-0.05, 0) is 42.0 Å². The van der Waals surface area contributed by atoms with Crippen LogP contribution in [0.5, 0.6) is 23.0 Å². The van der Waals surface area contributed by atoms with Crippen LogP contribution in [-0.4, -0.2) is 38.2 Å². The minimum Gasteiger partial charge on any atom is -0.497 e. The van der Waals surface area contributed by atoms with E-state index >= 15 is 0 Å². The zero-order valence-electron chi connectivity index (χ0n) is 15.6. The van der Waals surface area contributed by atoms with Gasteiger partial charge in [-0.25, -0.2) is 0 Å². The number of rotatable bonds is 6. The Hall–Kier alpha value is -3.15. The largest absolute Gasteiger partial charge is 0.497 e. The molecule has 3 aromatic rings. The topological polar surface area (TPSA) is 54.7 Å². The monoisotopic (exact) mass is 354 g/mol. The Labute approximate surface area is 152 Å². The highest BCUT2D eigenvalue weighted by Gasteiger charge is 2.18. The van der Waals surface area contributed by atoms with E-state index in [0.717, 1.165) is 28.1 Å². The van der Waals surface area contributed by atoms with Gasteiger partial charge in [-0.3, -0.25) is 4.68 Å². The Morgan fingerprint density at radius 3 is 1.88 bits per heavy atom. The lowest BCUT2D eigenvalue weighted by Gasteiger charge is -2.14. The standard InChI is InChI=1S/C20H22N2O4/c1-22-12-16(19(21-22)13-6-8-15(23-2)9-7-13)14-10-17(24-3)20(26-5)18(11-14)25-4/h6-12H,1-5H3. The van der Waals surface area contributed by atoms with E-state index in [1.54, 1.807) is 33.1 Å². The number of benzene rings is 2. The van der Waals surface area contributed by atoms with Crippen LogP contribution >= 0.6 is 0 Å². The Morgan fingerprint density at radius 1 is 0.769 bits per heavy atom. The summed E-state index contributed by atoms with van der Waals surface area (Å²) in [6, 6.07) is 11.7. The average Bonchev–Trinajstić information content (AvgIpc) is 3.08. The van der Waals surface area contributed by atoms with Gasteiger partial charge in [0.1, 0.15) is 11.4 Å².